The second-order valence-corrected chi connectivity index (χ2v) is 5.00. The van der Waals surface area contributed by atoms with E-state index in [-0.39, 0.29) is 11.4 Å². The molecule has 1 aromatic rings. The van der Waals surface area contributed by atoms with Gasteiger partial charge in [-0.2, -0.15) is 0 Å². The van der Waals surface area contributed by atoms with Gasteiger partial charge in [-0.1, -0.05) is 5.16 Å². The van der Waals surface area contributed by atoms with E-state index < -0.39 is 15.8 Å². The summed E-state index contributed by atoms with van der Waals surface area (Å²) in [5.41, 5.74) is 0.509. The standard InChI is InChI=1S/C9H11FN2O3S/c1-6(11-13)7-3-4-8(10)9(5-7)12-16(2,14)15/h3-5,12-13H,1-2H3. The second-order valence-electron chi connectivity index (χ2n) is 3.25. The lowest BCUT2D eigenvalue weighted by atomic mass is 10.1. The van der Waals surface area contributed by atoms with Crippen LogP contribution in [0.1, 0.15) is 12.5 Å². The highest BCUT2D eigenvalue weighted by molar-refractivity contribution is 7.92. The molecule has 0 radical (unpaired) electrons. The van der Waals surface area contributed by atoms with Crippen LogP contribution in [0.3, 0.4) is 0 Å². The van der Waals surface area contributed by atoms with Gasteiger partial charge < -0.3 is 5.21 Å². The first kappa shape index (κ1) is 12.4. The molecule has 0 spiro atoms. The molecule has 0 aliphatic heterocycles. The maximum atomic E-state index is 13.2. The maximum absolute atomic E-state index is 13.2. The van der Waals surface area contributed by atoms with Gasteiger partial charge in [0.2, 0.25) is 10.0 Å². The molecule has 7 heteroatoms. The van der Waals surface area contributed by atoms with Crippen molar-refractivity contribution in [2.45, 2.75) is 6.92 Å². The van der Waals surface area contributed by atoms with E-state index in [4.69, 9.17) is 5.21 Å². The summed E-state index contributed by atoms with van der Waals surface area (Å²) in [6.45, 7) is 1.51. The highest BCUT2D eigenvalue weighted by Crippen LogP contribution is 2.17. The Labute approximate surface area is 92.6 Å². The highest BCUT2D eigenvalue weighted by atomic mass is 32.2. The third kappa shape index (κ3) is 3.20. The average molecular weight is 246 g/mol. The molecular weight excluding hydrogens is 235 g/mol. The minimum Gasteiger partial charge on any atom is -0.411 e. The molecule has 0 fully saturated rings. The van der Waals surface area contributed by atoms with Gasteiger partial charge in [0, 0.05) is 5.56 Å². The summed E-state index contributed by atoms with van der Waals surface area (Å²) in [5.74, 6) is -0.695. The van der Waals surface area contributed by atoms with E-state index in [1.54, 1.807) is 0 Å². The number of sulfonamides is 1. The van der Waals surface area contributed by atoms with Crippen LogP contribution in [0.4, 0.5) is 10.1 Å². The van der Waals surface area contributed by atoms with E-state index in [0.29, 0.717) is 5.56 Å². The van der Waals surface area contributed by atoms with Gasteiger partial charge >= 0.3 is 0 Å². The molecule has 0 saturated heterocycles. The summed E-state index contributed by atoms with van der Waals surface area (Å²) >= 11 is 0. The van der Waals surface area contributed by atoms with Gasteiger partial charge in [-0.05, 0) is 25.1 Å². The predicted molar refractivity (Wildman–Crippen MR) is 58.9 cm³/mol. The van der Waals surface area contributed by atoms with Crippen LogP contribution in [0, 0.1) is 5.82 Å². The van der Waals surface area contributed by atoms with Crippen molar-refractivity contribution in [2.24, 2.45) is 5.16 Å². The van der Waals surface area contributed by atoms with E-state index in [1.807, 2.05) is 4.72 Å². The highest BCUT2D eigenvalue weighted by Gasteiger charge is 2.09. The van der Waals surface area contributed by atoms with Gasteiger partial charge in [-0.3, -0.25) is 4.72 Å². The minimum atomic E-state index is -3.54. The van der Waals surface area contributed by atoms with E-state index >= 15 is 0 Å². The first-order valence-electron chi connectivity index (χ1n) is 4.30. The first-order valence-corrected chi connectivity index (χ1v) is 6.19. The number of halogens is 1. The molecule has 5 nitrogen and oxygen atoms in total. The monoisotopic (exact) mass is 246 g/mol. The molecule has 88 valence electrons. The van der Waals surface area contributed by atoms with Crippen LogP contribution in [-0.2, 0) is 10.0 Å². The zero-order chi connectivity index (χ0) is 12.3. The molecule has 1 rings (SSSR count). The summed E-state index contributed by atoms with van der Waals surface area (Å²) in [7, 11) is -3.54. The van der Waals surface area contributed by atoms with Crippen molar-refractivity contribution in [3.63, 3.8) is 0 Å². The number of nitrogens with one attached hydrogen (secondary N) is 1. The minimum absolute atomic E-state index is 0.178. The van der Waals surface area contributed by atoms with E-state index in [2.05, 4.69) is 5.16 Å². The second kappa shape index (κ2) is 4.48. The smallest absolute Gasteiger partial charge is 0.229 e. The zero-order valence-electron chi connectivity index (χ0n) is 8.73. The Kier molecular flexibility index (Phi) is 3.48. The number of hydrogen-bond donors (Lipinski definition) is 2. The van der Waals surface area contributed by atoms with Gasteiger partial charge in [0.25, 0.3) is 0 Å². The Morgan fingerprint density at radius 2 is 2.12 bits per heavy atom. The lowest BCUT2D eigenvalue weighted by Crippen LogP contribution is -2.11. The number of nitrogens with zero attached hydrogens (tertiary/aromatic N) is 1. The Balaban J connectivity index is 3.19. The van der Waals surface area contributed by atoms with Gasteiger partial charge in [0.05, 0.1) is 17.7 Å². The Morgan fingerprint density at radius 3 is 2.62 bits per heavy atom. The molecule has 0 bridgehead atoms. The topological polar surface area (TPSA) is 78.8 Å². The first-order chi connectivity index (χ1) is 7.33. The van der Waals surface area contributed by atoms with E-state index in [1.165, 1.54) is 19.1 Å². The zero-order valence-corrected chi connectivity index (χ0v) is 9.55. The molecule has 0 heterocycles. The number of oxime groups is 1. The van der Waals surface area contributed by atoms with Crippen molar-refractivity contribution in [1.29, 1.82) is 0 Å². The van der Waals surface area contributed by atoms with Crippen LogP contribution in [0.5, 0.6) is 0 Å². The molecule has 0 aliphatic carbocycles. The lowest BCUT2D eigenvalue weighted by molar-refractivity contribution is 0.319. The Bertz CT molecular complexity index is 526. The molecular formula is C9H11FN2O3S. The molecule has 0 aliphatic rings. The third-order valence-electron chi connectivity index (χ3n) is 1.83. The molecule has 2 N–H and O–H groups in total. The van der Waals surface area contributed by atoms with Gasteiger partial charge in [0.15, 0.2) is 0 Å². The summed E-state index contributed by atoms with van der Waals surface area (Å²) in [4.78, 5) is 0. The fraction of sp³-hybridized carbons (Fsp3) is 0.222. The van der Waals surface area contributed by atoms with Gasteiger partial charge in [0.1, 0.15) is 5.82 Å². The molecule has 0 aromatic heterocycles. The predicted octanol–water partition coefficient (Wildman–Crippen LogP) is 1.40. The average Bonchev–Trinajstić information content (AvgIpc) is 2.18. The fourth-order valence-electron chi connectivity index (χ4n) is 1.09. The van der Waals surface area contributed by atoms with Crippen LogP contribution < -0.4 is 4.72 Å². The molecule has 1 aromatic carbocycles. The normalized spacial score (nSPS) is 12.6. The lowest BCUT2D eigenvalue weighted by Gasteiger charge is -2.07. The molecule has 0 atom stereocenters. The number of anilines is 1. The number of benzene rings is 1. The largest absolute Gasteiger partial charge is 0.411 e. The molecule has 0 unspecified atom stereocenters. The maximum Gasteiger partial charge on any atom is 0.229 e. The fourth-order valence-corrected chi connectivity index (χ4v) is 1.64. The summed E-state index contributed by atoms with van der Waals surface area (Å²) in [6, 6.07) is 3.74. The Morgan fingerprint density at radius 1 is 1.50 bits per heavy atom. The quantitative estimate of drug-likeness (QED) is 0.480. The van der Waals surface area contributed by atoms with Gasteiger partial charge in [-0.15, -0.1) is 0 Å². The van der Waals surface area contributed by atoms with E-state index in [0.717, 1.165) is 12.3 Å². The van der Waals surface area contributed by atoms with Gasteiger partial charge in [-0.25, -0.2) is 12.8 Å². The number of hydrogen-bond acceptors (Lipinski definition) is 4. The molecule has 16 heavy (non-hydrogen) atoms. The summed E-state index contributed by atoms with van der Waals surface area (Å²) < 4.78 is 37.2. The third-order valence-corrected chi connectivity index (χ3v) is 2.42. The van der Waals surface area contributed by atoms with Crippen LogP contribution in [0.25, 0.3) is 0 Å². The van der Waals surface area contributed by atoms with E-state index in [9.17, 15) is 12.8 Å². The van der Waals surface area contributed by atoms with Crippen molar-refractivity contribution in [2.75, 3.05) is 11.0 Å². The molecule has 0 saturated carbocycles. The van der Waals surface area contributed by atoms with Crippen LogP contribution in [-0.4, -0.2) is 25.6 Å². The van der Waals surface area contributed by atoms with Crippen LogP contribution in [0.15, 0.2) is 23.4 Å². The van der Waals surface area contributed by atoms with Crippen LogP contribution in [0.2, 0.25) is 0 Å². The van der Waals surface area contributed by atoms with Crippen molar-refractivity contribution < 1.29 is 18.0 Å². The number of rotatable bonds is 3. The van der Waals surface area contributed by atoms with Crippen molar-refractivity contribution in [1.82, 2.24) is 0 Å². The van der Waals surface area contributed by atoms with Crippen molar-refractivity contribution >= 4 is 21.4 Å². The summed E-state index contributed by atoms with van der Waals surface area (Å²) in [5, 5.41) is 11.5. The SMILES string of the molecule is CC(=NO)c1ccc(F)c(NS(C)(=O)=O)c1. The van der Waals surface area contributed by atoms with Crippen molar-refractivity contribution in [3.8, 4) is 0 Å². The molecule has 0 amide bonds. The van der Waals surface area contributed by atoms with Crippen LogP contribution >= 0.6 is 0 Å². The Hall–Kier alpha value is -1.63. The summed E-state index contributed by atoms with van der Waals surface area (Å²) in [6.07, 6.45) is 0.923. The van der Waals surface area contributed by atoms with Crippen molar-refractivity contribution in [3.05, 3.63) is 29.6 Å².